The molecule has 0 aromatic heterocycles. The van der Waals surface area contributed by atoms with E-state index in [2.05, 4.69) is 0 Å². The number of carbonyl (C=O) groups is 2. The zero-order chi connectivity index (χ0) is 17.3. The lowest BCUT2D eigenvalue weighted by molar-refractivity contribution is -0.117. The van der Waals surface area contributed by atoms with Gasteiger partial charge in [-0.2, -0.15) is 0 Å². The van der Waals surface area contributed by atoms with Gasteiger partial charge in [0.2, 0.25) is 5.91 Å². The molecule has 0 spiro atoms. The van der Waals surface area contributed by atoms with Crippen molar-refractivity contribution < 1.29 is 13.8 Å². The Morgan fingerprint density at radius 3 is 2.79 bits per heavy atom. The average Bonchev–Trinajstić information content (AvgIpc) is 2.88. The van der Waals surface area contributed by atoms with Crippen molar-refractivity contribution in [1.82, 2.24) is 4.90 Å². The minimum atomic E-state index is -0.857. The molecular formula is C18H24N2O3S. The molecule has 0 radical (unpaired) electrons. The van der Waals surface area contributed by atoms with Crippen LogP contribution in [0.5, 0.6) is 0 Å². The summed E-state index contributed by atoms with van der Waals surface area (Å²) in [5.41, 5.74) is 2.30. The zero-order valence-electron chi connectivity index (χ0n) is 14.3. The quantitative estimate of drug-likeness (QED) is 0.821. The van der Waals surface area contributed by atoms with E-state index in [4.69, 9.17) is 0 Å². The highest BCUT2D eigenvalue weighted by molar-refractivity contribution is 7.85. The number of hydrogen-bond acceptors (Lipinski definition) is 3. The van der Waals surface area contributed by atoms with Gasteiger partial charge in [-0.05, 0) is 31.4 Å². The molecule has 2 heterocycles. The van der Waals surface area contributed by atoms with Crippen LogP contribution >= 0.6 is 0 Å². The molecule has 1 aromatic rings. The zero-order valence-corrected chi connectivity index (χ0v) is 15.1. The number of aryl methyl sites for hydroxylation is 1. The van der Waals surface area contributed by atoms with Gasteiger partial charge in [0, 0.05) is 48.4 Å². The molecule has 2 atom stereocenters. The van der Waals surface area contributed by atoms with E-state index in [1.807, 2.05) is 32.0 Å². The van der Waals surface area contributed by atoms with Crippen LogP contribution in [0.2, 0.25) is 0 Å². The fourth-order valence-electron chi connectivity index (χ4n) is 3.45. The molecule has 0 N–H and O–H groups in total. The summed E-state index contributed by atoms with van der Waals surface area (Å²) in [6, 6.07) is 5.69. The number of amides is 2. The van der Waals surface area contributed by atoms with Crippen LogP contribution in [0.25, 0.3) is 0 Å². The van der Waals surface area contributed by atoms with E-state index < -0.39 is 10.8 Å². The molecule has 0 aliphatic carbocycles. The van der Waals surface area contributed by atoms with Gasteiger partial charge in [-0.1, -0.05) is 18.6 Å². The molecule has 0 bridgehead atoms. The largest absolute Gasteiger partial charge is 0.337 e. The highest BCUT2D eigenvalue weighted by Crippen LogP contribution is 2.28. The third-order valence-electron chi connectivity index (χ3n) is 4.63. The van der Waals surface area contributed by atoms with Crippen molar-refractivity contribution in [2.24, 2.45) is 5.92 Å². The van der Waals surface area contributed by atoms with Gasteiger partial charge < -0.3 is 9.80 Å². The Morgan fingerprint density at radius 1 is 1.29 bits per heavy atom. The van der Waals surface area contributed by atoms with Crippen molar-refractivity contribution in [2.45, 2.75) is 26.7 Å². The van der Waals surface area contributed by atoms with Gasteiger partial charge in [0.1, 0.15) is 0 Å². The van der Waals surface area contributed by atoms with Gasteiger partial charge in [0.15, 0.2) is 0 Å². The number of carbonyl (C=O) groups excluding carboxylic acids is 2. The second-order valence-corrected chi connectivity index (χ2v) is 8.46. The Kier molecular flexibility index (Phi) is 5.04. The molecule has 130 valence electrons. The summed E-state index contributed by atoms with van der Waals surface area (Å²) in [5.74, 6) is 1.42. The van der Waals surface area contributed by atoms with Gasteiger partial charge in [-0.3, -0.25) is 13.8 Å². The number of hydrogen-bond donors (Lipinski definition) is 0. The highest BCUT2D eigenvalue weighted by Gasteiger charge is 2.29. The van der Waals surface area contributed by atoms with Crippen molar-refractivity contribution in [1.29, 1.82) is 0 Å². The first-order valence-corrected chi connectivity index (χ1v) is 10.00. The van der Waals surface area contributed by atoms with Gasteiger partial charge >= 0.3 is 0 Å². The molecule has 5 nitrogen and oxygen atoms in total. The van der Waals surface area contributed by atoms with Crippen LogP contribution in [0.3, 0.4) is 0 Å². The number of rotatable bonds is 2. The van der Waals surface area contributed by atoms with Crippen LogP contribution in [0.4, 0.5) is 5.69 Å². The molecule has 0 saturated carbocycles. The van der Waals surface area contributed by atoms with E-state index >= 15 is 0 Å². The Bertz CT molecular complexity index is 689. The molecule has 6 heteroatoms. The van der Waals surface area contributed by atoms with E-state index in [-0.39, 0.29) is 17.7 Å². The predicted octanol–water partition coefficient (Wildman–Crippen LogP) is 1.96. The van der Waals surface area contributed by atoms with E-state index in [1.54, 1.807) is 9.80 Å². The summed E-state index contributed by atoms with van der Waals surface area (Å²) >= 11 is 0. The molecule has 2 aliphatic heterocycles. The normalized spacial score (nSPS) is 25.0. The SMILES string of the molecule is Cc1ccc(N2CCCC2=O)c(C(=O)N2CC[S@](=O)C[C@@H](C)C2)c1. The number of nitrogens with zero attached hydrogens (tertiary/aromatic N) is 2. The van der Waals surface area contributed by atoms with Crippen molar-refractivity contribution >= 4 is 28.3 Å². The summed E-state index contributed by atoms with van der Waals surface area (Å²) < 4.78 is 11.9. The van der Waals surface area contributed by atoms with Crippen LogP contribution in [-0.4, -0.2) is 52.1 Å². The highest BCUT2D eigenvalue weighted by atomic mass is 32.2. The van der Waals surface area contributed by atoms with E-state index in [0.717, 1.165) is 12.0 Å². The number of benzene rings is 1. The lowest BCUT2D eigenvalue weighted by Crippen LogP contribution is -2.37. The predicted molar refractivity (Wildman–Crippen MR) is 95.7 cm³/mol. The lowest BCUT2D eigenvalue weighted by atomic mass is 10.1. The topological polar surface area (TPSA) is 57.7 Å². The fraction of sp³-hybridized carbons (Fsp3) is 0.556. The minimum Gasteiger partial charge on any atom is -0.337 e. The van der Waals surface area contributed by atoms with E-state index in [9.17, 15) is 13.8 Å². The molecule has 1 aromatic carbocycles. The standard InChI is InChI=1S/C18H24N2O3S/c1-13-5-6-16(20-7-3-4-17(20)21)15(10-13)18(22)19-8-9-24(23)12-14(2)11-19/h5-6,10,14H,3-4,7-9,11-12H2,1-2H3/t14-,24-/m0/s1. The summed E-state index contributed by atoms with van der Waals surface area (Å²) in [5, 5.41) is 0. The van der Waals surface area contributed by atoms with Crippen molar-refractivity contribution in [3.63, 3.8) is 0 Å². The Morgan fingerprint density at radius 2 is 2.08 bits per heavy atom. The van der Waals surface area contributed by atoms with Crippen molar-refractivity contribution in [2.75, 3.05) is 36.0 Å². The summed E-state index contributed by atoms with van der Waals surface area (Å²) in [4.78, 5) is 28.8. The molecule has 2 amide bonds. The van der Waals surface area contributed by atoms with Gasteiger partial charge in [-0.25, -0.2) is 0 Å². The van der Waals surface area contributed by atoms with Crippen LogP contribution in [0.1, 0.15) is 35.7 Å². The first kappa shape index (κ1) is 17.1. The maximum Gasteiger partial charge on any atom is 0.256 e. The molecule has 2 fully saturated rings. The minimum absolute atomic E-state index is 0.0563. The van der Waals surface area contributed by atoms with E-state index in [0.29, 0.717) is 48.8 Å². The Balaban J connectivity index is 1.92. The van der Waals surface area contributed by atoms with Gasteiger partial charge in [0.05, 0.1) is 11.3 Å². The molecule has 2 aliphatic rings. The molecule has 24 heavy (non-hydrogen) atoms. The Labute approximate surface area is 145 Å². The van der Waals surface area contributed by atoms with E-state index in [1.165, 1.54) is 0 Å². The van der Waals surface area contributed by atoms with Crippen molar-refractivity contribution in [3.05, 3.63) is 29.3 Å². The summed E-state index contributed by atoms with van der Waals surface area (Å²) in [7, 11) is -0.857. The van der Waals surface area contributed by atoms with Gasteiger partial charge in [0.25, 0.3) is 5.91 Å². The molecule has 3 rings (SSSR count). The molecule has 0 unspecified atom stereocenters. The third kappa shape index (κ3) is 3.53. The number of anilines is 1. The second kappa shape index (κ2) is 7.05. The fourth-order valence-corrected chi connectivity index (χ4v) is 4.78. The molecular weight excluding hydrogens is 324 g/mol. The maximum absolute atomic E-state index is 13.1. The van der Waals surface area contributed by atoms with Crippen LogP contribution in [-0.2, 0) is 15.6 Å². The van der Waals surface area contributed by atoms with Crippen molar-refractivity contribution in [3.8, 4) is 0 Å². The third-order valence-corrected chi connectivity index (χ3v) is 6.20. The van der Waals surface area contributed by atoms with Crippen LogP contribution in [0.15, 0.2) is 18.2 Å². The monoisotopic (exact) mass is 348 g/mol. The summed E-state index contributed by atoms with van der Waals surface area (Å²) in [6.07, 6.45) is 1.38. The smallest absolute Gasteiger partial charge is 0.256 e. The van der Waals surface area contributed by atoms with Gasteiger partial charge in [-0.15, -0.1) is 0 Å². The first-order valence-electron chi connectivity index (χ1n) is 8.51. The average molecular weight is 348 g/mol. The van der Waals surface area contributed by atoms with Crippen LogP contribution < -0.4 is 4.90 Å². The first-order chi connectivity index (χ1) is 11.5. The Hall–Kier alpha value is -1.69. The maximum atomic E-state index is 13.1. The summed E-state index contributed by atoms with van der Waals surface area (Å²) in [6.45, 7) is 5.78. The second-order valence-electron chi connectivity index (χ2n) is 6.84. The lowest BCUT2D eigenvalue weighted by Gasteiger charge is -2.26. The van der Waals surface area contributed by atoms with Crippen LogP contribution in [0, 0.1) is 12.8 Å². The molecule has 2 saturated heterocycles.